The van der Waals surface area contributed by atoms with Gasteiger partial charge in [0.1, 0.15) is 6.54 Å². The van der Waals surface area contributed by atoms with Crippen molar-refractivity contribution in [2.45, 2.75) is 19.9 Å². The van der Waals surface area contributed by atoms with Crippen molar-refractivity contribution in [3.05, 3.63) is 24.3 Å². The van der Waals surface area contributed by atoms with Gasteiger partial charge in [-0.1, -0.05) is 12.1 Å². The van der Waals surface area contributed by atoms with E-state index in [9.17, 15) is 13.2 Å². The minimum Gasteiger partial charge on any atom is -0.323 e. The number of nitrogens with zero attached hydrogens (tertiary/aromatic N) is 2. The normalized spacial score (nSPS) is 15.6. The van der Waals surface area contributed by atoms with E-state index in [0.29, 0.717) is 11.4 Å². The molecule has 104 valence electrons. The maximum Gasteiger partial charge on any atom is 0.304 e. The van der Waals surface area contributed by atoms with Gasteiger partial charge in [0, 0.05) is 13.1 Å². The van der Waals surface area contributed by atoms with Gasteiger partial charge in [0.15, 0.2) is 0 Å². The average molecular weight is 283 g/mol. The third-order valence-electron chi connectivity index (χ3n) is 3.10. The summed E-state index contributed by atoms with van der Waals surface area (Å²) in [5.41, 5.74) is 1.01. The molecule has 2 rings (SSSR count). The Morgan fingerprint density at radius 1 is 1.32 bits per heavy atom. The fourth-order valence-corrected chi connectivity index (χ4v) is 3.36. The molecule has 1 aromatic rings. The quantitative estimate of drug-likeness (QED) is 0.900. The van der Waals surface area contributed by atoms with Crippen molar-refractivity contribution in [2.24, 2.45) is 0 Å². The molecule has 0 saturated carbocycles. The largest absolute Gasteiger partial charge is 0.323 e. The Morgan fingerprint density at radius 3 is 2.58 bits per heavy atom. The number of hydrogen-bond donors (Lipinski definition) is 1. The number of carbonyl (C=O) groups excluding carboxylic acids is 1. The van der Waals surface area contributed by atoms with Crippen LogP contribution in [0.3, 0.4) is 0 Å². The van der Waals surface area contributed by atoms with E-state index in [1.165, 1.54) is 11.4 Å². The first-order chi connectivity index (χ1) is 8.84. The third kappa shape index (κ3) is 2.43. The van der Waals surface area contributed by atoms with Crippen molar-refractivity contribution in [1.82, 2.24) is 4.31 Å². The number of para-hydroxylation sites is 2. The molecule has 0 radical (unpaired) electrons. The molecule has 19 heavy (non-hydrogen) atoms. The zero-order chi connectivity index (χ0) is 14.2. The molecule has 1 aromatic carbocycles. The monoisotopic (exact) mass is 283 g/mol. The predicted molar refractivity (Wildman–Crippen MR) is 74.2 cm³/mol. The number of benzene rings is 1. The molecule has 0 unspecified atom stereocenters. The molecule has 0 bridgehead atoms. The highest BCUT2D eigenvalue weighted by molar-refractivity contribution is 7.90. The van der Waals surface area contributed by atoms with Crippen LogP contribution in [-0.2, 0) is 15.0 Å². The van der Waals surface area contributed by atoms with Crippen LogP contribution in [0.1, 0.15) is 13.8 Å². The molecule has 1 N–H and O–H groups in total. The highest BCUT2D eigenvalue weighted by Crippen LogP contribution is 2.31. The Morgan fingerprint density at radius 2 is 1.95 bits per heavy atom. The molecule has 1 aliphatic heterocycles. The lowest BCUT2D eigenvalue weighted by molar-refractivity contribution is -0.115. The molecule has 1 aliphatic rings. The average Bonchev–Trinajstić information content (AvgIpc) is 2.36. The lowest BCUT2D eigenvalue weighted by atomic mass is 10.2. The second-order valence-electron chi connectivity index (χ2n) is 4.69. The van der Waals surface area contributed by atoms with Crippen LogP contribution in [0.4, 0.5) is 11.4 Å². The maximum absolute atomic E-state index is 12.5. The van der Waals surface area contributed by atoms with Crippen molar-refractivity contribution in [2.75, 3.05) is 23.2 Å². The predicted octanol–water partition coefficient (Wildman–Crippen LogP) is 1.03. The van der Waals surface area contributed by atoms with E-state index in [1.54, 1.807) is 38.1 Å². The molecule has 0 spiro atoms. The van der Waals surface area contributed by atoms with Gasteiger partial charge in [-0.05, 0) is 26.0 Å². The van der Waals surface area contributed by atoms with Gasteiger partial charge < -0.3 is 5.32 Å². The SMILES string of the molecule is CC(C)N(C)S(=O)(=O)N1CC(=O)Nc2ccccc21. The summed E-state index contributed by atoms with van der Waals surface area (Å²) in [6, 6.07) is 6.68. The summed E-state index contributed by atoms with van der Waals surface area (Å²) in [5, 5.41) is 2.67. The Balaban J connectivity index is 2.49. The topological polar surface area (TPSA) is 69.7 Å². The molecular weight excluding hydrogens is 266 g/mol. The number of amides is 1. The molecule has 1 amide bonds. The Bertz CT molecular complexity index is 598. The summed E-state index contributed by atoms with van der Waals surface area (Å²) in [6.45, 7) is 3.37. The zero-order valence-corrected chi connectivity index (χ0v) is 11.9. The zero-order valence-electron chi connectivity index (χ0n) is 11.1. The summed E-state index contributed by atoms with van der Waals surface area (Å²) >= 11 is 0. The highest BCUT2D eigenvalue weighted by Gasteiger charge is 2.34. The number of nitrogens with one attached hydrogen (secondary N) is 1. The summed E-state index contributed by atoms with van der Waals surface area (Å²) in [6.07, 6.45) is 0. The van der Waals surface area contributed by atoms with Gasteiger partial charge in [-0.2, -0.15) is 12.7 Å². The fourth-order valence-electron chi connectivity index (χ4n) is 1.83. The summed E-state index contributed by atoms with van der Waals surface area (Å²) < 4.78 is 27.4. The first-order valence-electron chi connectivity index (χ1n) is 5.98. The number of rotatable bonds is 3. The molecule has 0 aromatic heterocycles. The lowest BCUT2D eigenvalue weighted by Gasteiger charge is -2.34. The van der Waals surface area contributed by atoms with Crippen LogP contribution in [0, 0.1) is 0 Å². The van der Waals surface area contributed by atoms with Gasteiger partial charge in [-0.15, -0.1) is 0 Å². The van der Waals surface area contributed by atoms with Crippen LogP contribution < -0.4 is 9.62 Å². The Hall–Kier alpha value is -1.60. The first kappa shape index (κ1) is 13.8. The molecule has 0 atom stereocenters. The standard InChI is InChI=1S/C12H17N3O3S/c1-9(2)14(3)19(17,18)15-8-12(16)13-10-6-4-5-7-11(10)15/h4-7,9H,8H2,1-3H3,(H,13,16). The molecule has 0 saturated heterocycles. The van der Waals surface area contributed by atoms with E-state index >= 15 is 0 Å². The van der Waals surface area contributed by atoms with E-state index in [4.69, 9.17) is 0 Å². The van der Waals surface area contributed by atoms with Gasteiger partial charge in [0.05, 0.1) is 11.4 Å². The second kappa shape index (κ2) is 4.82. The minimum atomic E-state index is -3.70. The van der Waals surface area contributed by atoms with Crippen molar-refractivity contribution >= 4 is 27.5 Å². The van der Waals surface area contributed by atoms with Crippen LogP contribution >= 0.6 is 0 Å². The molecule has 7 heteroatoms. The van der Waals surface area contributed by atoms with Crippen molar-refractivity contribution in [3.8, 4) is 0 Å². The van der Waals surface area contributed by atoms with Crippen LogP contribution in [0.15, 0.2) is 24.3 Å². The number of anilines is 2. The summed E-state index contributed by atoms with van der Waals surface area (Å²) in [7, 11) is -2.19. The Labute approximate surface area is 113 Å². The van der Waals surface area contributed by atoms with Crippen LogP contribution in [0.5, 0.6) is 0 Å². The van der Waals surface area contributed by atoms with E-state index in [1.807, 2.05) is 0 Å². The fraction of sp³-hybridized carbons (Fsp3) is 0.417. The van der Waals surface area contributed by atoms with Crippen LogP contribution in [0.2, 0.25) is 0 Å². The summed E-state index contributed by atoms with van der Waals surface area (Å²) in [4.78, 5) is 11.6. The minimum absolute atomic E-state index is 0.179. The molecule has 6 nitrogen and oxygen atoms in total. The highest BCUT2D eigenvalue weighted by atomic mass is 32.2. The lowest BCUT2D eigenvalue weighted by Crippen LogP contribution is -2.49. The van der Waals surface area contributed by atoms with Gasteiger partial charge in [-0.25, -0.2) is 4.31 Å². The van der Waals surface area contributed by atoms with Gasteiger partial charge in [0.2, 0.25) is 5.91 Å². The summed E-state index contributed by atoms with van der Waals surface area (Å²) in [5.74, 6) is -0.334. The van der Waals surface area contributed by atoms with E-state index in [0.717, 1.165) is 4.31 Å². The first-order valence-corrected chi connectivity index (χ1v) is 7.38. The van der Waals surface area contributed by atoms with Gasteiger partial charge in [0.25, 0.3) is 0 Å². The Kier molecular flexibility index (Phi) is 3.51. The molecule has 1 heterocycles. The van der Waals surface area contributed by atoms with Gasteiger partial charge in [-0.3, -0.25) is 4.79 Å². The smallest absolute Gasteiger partial charge is 0.304 e. The van der Waals surface area contributed by atoms with E-state index < -0.39 is 10.2 Å². The second-order valence-corrected chi connectivity index (χ2v) is 6.60. The van der Waals surface area contributed by atoms with E-state index in [2.05, 4.69) is 5.32 Å². The van der Waals surface area contributed by atoms with Crippen LogP contribution in [-0.4, -0.2) is 38.3 Å². The molecular formula is C12H17N3O3S. The third-order valence-corrected chi connectivity index (χ3v) is 5.14. The van der Waals surface area contributed by atoms with Crippen LogP contribution in [0.25, 0.3) is 0 Å². The van der Waals surface area contributed by atoms with E-state index in [-0.39, 0.29) is 18.5 Å². The molecule has 0 fully saturated rings. The number of carbonyl (C=O) groups is 1. The number of hydrogen-bond acceptors (Lipinski definition) is 3. The maximum atomic E-state index is 12.5. The van der Waals surface area contributed by atoms with Crippen molar-refractivity contribution in [3.63, 3.8) is 0 Å². The van der Waals surface area contributed by atoms with Crippen molar-refractivity contribution in [1.29, 1.82) is 0 Å². The molecule has 0 aliphatic carbocycles. The number of fused-ring (bicyclic) bond motifs is 1. The van der Waals surface area contributed by atoms with Gasteiger partial charge >= 0.3 is 10.2 Å². The van der Waals surface area contributed by atoms with Crippen molar-refractivity contribution < 1.29 is 13.2 Å².